The predicted octanol–water partition coefficient (Wildman–Crippen LogP) is 2.46. The van der Waals surface area contributed by atoms with Crippen molar-refractivity contribution < 1.29 is 0 Å². The van der Waals surface area contributed by atoms with Crippen LogP contribution in [0.25, 0.3) is 0 Å². The quantitative estimate of drug-likeness (QED) is 0.735. The average molecular weight is 212 g/mol. The van der Waals surface area contributed by atoms with Gasteiger partial charge in [-0.2, -0.15) is 11.8 Å². The van der Waals surface area contributed by atoms with E-state index in [1.54, 1.807) is 0 Å². The first-order valence-corrected chi connectivity index (χ1v) is 6.56. The Morgan fingerprint density at radius 1 is 1.43 bits per heavy atom. The van der Waals surface area contributed by atoms with Crippen LogP contribution < -0.4 is 10.9 Å². The van der Waals surface area contributed by atoms with Crippen LogP contribution in [-0.2, 0) is 0 Å². The van der Waals surface area contributed by atoms with Gasteiger partial charge in [0.2, 0.25) is 0 Å². The van der Waals surface area contributed by atoms with E-state index in [9.17, 15) is 0 Å². The van der Waals surface area contributed by atoms with Gasteiger partial charge in [-0.3, -0.25) is 0 Å². The van der Waals surface area contributed by atoms with Crippen molar-refractivity contribution in [3.05, 3.63) is 23.4 Å². The molecule has 0 aromatic rings. The molecule has 0 unspecified atom stereocenters. The molecule has 2 N–H and O–H groups in total. The van der Waals surface area contributed by atoms with Gasteiger partial charge in [-0.15, -0.1) is 0 Å². The van der Waals surface area contributed by atoms with E-state index in [0.717, 1.165) is 12.3 Å². The molecule has 0 aliphatic carbocycles. The number of nitrogens with one attached hydrogen (secondary N) is 2. The van der Waals surface area contributed by atoms with E-state index in [1.165, 1.54) is 30.4 Å². The van der Waals surface area contributed by atoms with Crippen molar-refractivity contribution in [1.82, 2.24) is 10.9 Å². The van der Waals surface area contributed by atoms with E-state index >= 15 is 0 Å². The summed E-state index contributed by atoms with van der Waals surface area (Å²) < 4.78 is 0. The number of hydrogen-bond donors (Lipinski definition) is 2. The van der Waals surface area contributed by atoms with E-state index in [2.05, 4.69) is 36.3 Å². The molecule has 1 rings (SSSR count). The lowest BCUT2D eigenvalue weighted by Crippen LogP contribution is -2.28. The van der Waals surface area contributed by atoms with Crippen molar-refractivity contribution in [3.8, 4) is 0 Å². The molecule has 0 atom stereocenters. The summed E-state index contributed by atoms with van der Waals surface area (Å²) in [6.07, 6.45) is 10.3. The molecule has 0 bridgehead atoms. The summed E-state index contributed by atoms with van der Waals surface area (Å²) in [5.41, 5.74) is 9.19. The van der Waals surface area contributed by atoms with Crippen LogP contribution in [0, 0.1) is 0 Å². The number of hydrogen-bond acceptors (Lipinski definition) is 3. The molecule has 0 aromatic carbocycles. The van der Waals surface area contributed by atoms with Gasteiger partial charge >= 0.3 is 0 Å². The SMILES string of the molecule is CSCC1=C/NNCCCC/C(C)=C\1. The van der Waals surface area contributed by atoms with E-state index in [-0.39, 0.29) is 0 Å². The summed E-state index contributed by atoms with van der Waals surface area (Å²) in [6, 6.07) is 0. The fraction of sp³-hybridized carbons (Fsp3) is 0.636. The van der Waals surface area contributed by atoms with Gasteiger partial charge in [0, 0.05) is 18.5 Å². The minimum atomic E-state index is 1.05. The Hall–Kier alpha value is -0.410. The lowest BCUT2D eigenvalue weighted by molar-refractivity contribution is 0.576. The summed E-state index contributed by atoms with van der Waals surface area (Å²) in [7, 11) is 0. The van der Waals surface area contributed by atoms with Crippen molar-refractivity contribution in [2.24, 2.45) is 0 Å². The lowest BCUT2D eigenvalue weighted by Gasteiger charge is -2.10. The van der Waals surface area contributed by atoms with Gasteiger partial charge in [-0.25, -0.2) is 5.43 Å². The summed E-state index contributed by atoms with van der Waals surface area (Å²) in [5, 5.41) is 0. The van der Waals surface area contributed by atoms with E-state index in [4.69, 9.17) is 0 Å². The zero-order chi connectivity index (χ0) is 10.2. The molecule has 0 spiro atoms. The molecule has 0 saturated heterocycles. The summed E-state index contributed by atoms with van der Waals surface area (Å²) in [5.74, 6) is 1.08. The molecule has 0 radical (unpaired) electrons. The Balaban J connectivity index is 2.60. The Morgan fingerprint density at radius 3 is 3.07 bits per heavy atom. The minimum absolute atomic E-state index is 1.05. The van der Waals surface area contributed by atoms with Gasteiger partial charge in [-0.1, -0.05) is 11.6 Å². The third-order valence-corrected chi connectivity index (χ3v) is 2.85. The van der Waals surface area contributed by atoms with Gasteiger partial charge in [0.05, 0.1) is 0 Å². The van der Waals surface area contributed by atoms with E-state index in [1.807, 2.05) is 11.8 Å². The number of rotatable bonds is 2. The van der Waals surface area contributed by atoms with Gasteiger partial charge in [-0.05, 0) is 38.0 Å². The van der Waals surface area contributed by atoms with Crippen LogP contribution in [-0.4, -0.2) is 18.6 Å². The summed E-state index contributed by atoms with van der Waals surface area (Å²) in [4.78, 5) is 0. The zero-order valence-electron chi connectivity index (χ0n) is 9.10. The normalized spacial score (nSPS) is 26.7. The third kappa shape index (κ3) is 4.72. The number of thioether (sulfide) groups is 1. The molecule has 1 aliphatic heterocycles. The lowest BCUT2D eigenvalue weighted by atomic mass is 10.1. The van der Waals surface area contributed by atoms with Crippen molar-refractivity contribution >= 4 is 11.8 Å². The maximum absolute atomic E-state index is 3.19. The predicted molar refractivity (Wildman–Crippen MR) is 65.2 cm³/mol. The second kappa shape index (κ2) is 6.96. The molecule has 3 heteroatoms. The number of hydrazine groups is 1. The zero-order valence-corrected chi connectivity index (χ0v) is 9.91. The van der Waals surface area contributed by atoms with Crippen molar-refractivity contribution in [2.75, 3.05) is 18.6 Å². The molecule has 0 fully saturated rings. The highest BCUT2D eigenvalue weighted by atomic mass is 32.2. The largest absolute Gasteiger partial charge is 0.328 e. The van der Waals surface area contributed by atoms with Crippen LogP contribution in [0.2, 0.25) is 0 Å². The van der Waals surface area contributed by atoms with Crippen molar-refractivity contribution in [3.63, 3.8) is 0 Å². The van der Waals surface area contributed by atoms with Gasteiger partial charge in [0.1, 0.15) is 0 Å². The van der Waals surface area contributed by atoms with Crippen LogP contribution in [0.4, 0.5) is 0 Å². The van der Waals surface area contributed by atoms with Crippen LogP contribution in [0.3, 0.4) is 0 Å². The average Bonchev–Trinajstić information content (AvgIpc) is 2.17. The van der Waals surface area contributed by atoms with Crippen LogP contribution in [0.1, 0.15) is 26.2 Å². The highest BCUT2D eigenvalue weighted by molar-refractivity contribution is 7.98. The molecule has 14 heavy (non-hydrogen) atoms. The van der Waals surface area contributed by atoms with Gasteiger partial charge in [0.25, 0.3) is 0 Å². The monoisotopic (exact) mass is 212 g/mol. The molecule has 1 heterocycles. The Kier molecular flexibility index (Phi) is 5.80. The molecule has 0 amide bonds. The van der Waals surface area contributed by atoms with Crippen molar-refractivity contribution in [1.29, 1.82) is 0 Å². The Bertz CT molecular complexity index is 221. The first kappa shape index (κ1) is 11.7. The van der Waals surface area contributed by atoms with Crippen LogP contribution in [0.5, 0.6) is 0 Å². The maximum Gasteiger partial charge on any atom is 0.0196 e. The maximum atomic E-state index is 3.19. The van der Waals surface area contributed by atoms with Crippen LogP contribution >= 0.6 is 11.8 Å². The first-order valence-electron chi connectivity index (χ1n) is 5.16. The number of allylic oxidation sites excluding steroid dienone is 2. The smallest absolute Gasteiger partial charge is 0.0196 e. The van der Waals surface area contributed by atoms with E-state index < -0.39 is 0 Å². The topological polar surface area (TPSA) is 24.1 Å². The second-order valence-electron chi connectivity index (χ2n) is 3.67. The summed E-state index contributed by atoms with van der Waals surface area (Å²) >= 11 is 1.86. The van der Waals surface area contributed by atoms with E-state index in [0.29, 0.717) is 0 Å². The fourth-order valence-corrected chi connectivity index (χ4v) is 2.01. The Morgan fingerprint density at radius 2 is 2.29 bits per heavy atom. The fourth-order valence-electron chi connectivity index (χ4n) is 1.51. The molecule has 1 aliphatic rings. The van der Waals surface area contributed by atoms with Gasteiger partial charge < -0.3 is 5.43 Å². The minimum Gasteiger partial charge on any atom is -0.328 e. The third-order valence-electron chi connectivity index (χ3n) is 2.23. The Labute approximate surface area is 91.2 Å². The molecular formula is C11H20N2S. The molecule has 2 nitrogen and oxygen atoms in total. The molecule has 0 aromatic heterocycles. The second-order valence-corrected chi connectivity index (χ2v) is 4.54. The van der Waals surface area contributed by atoms with Crippen molar-refractivity contribution in [2.45, 2.75) is 26.2 Å². The first-order chi connectivity index (χ1) is 6.83. The molecular weight excluding hydrogens is 192 g/mol. The van der Waals surface area contributed by atoms with Gasteiger partial charge in [0.15, 0.2) is 0 Å². The molecule has 0 saturated carbocycles. The highest BCUT2D eigenvalue weighted by Gasteiger charge is 1.98. The summed E-state index contributed by atoms with van der Waals surface area (Å²) in [6.45, 7) is 3.28. The molecule has 80 valence electrons. The van der Waals surface area contributed by atoms with Crippen LogP contribution in [0.15, 0.2) is 23.4 Å². The standard InChI is InChI=1S/C11H20N2S/c1-10-5-3-4-6-12-13-8-11(7-10)9-14-2/h7-8,12-13H,3-6,9H2,1-2H3/b10-7-,11-8+. The highest BCUT2D eigenvalue weighted by Crippen LogP contribution is 2.13.